The molecule has 4 aliphatic carbocycles. The van der Waals surface area contributed by atoms with Crippen LogP contribution in [0.4, 0.5) is 0 Å². The zero-order chi connectivity index (χ0) is 30.9. The maximum absolute atomic E-state index is 2.67. The van der Waals surface area contributed by atoms with E-state index in [1.807, 2.05) is 30.3 Å². The molecule has 4 saturated carbocycles. The normalized spacial score (nSPS) is 26.9. The van der Waals surface area contributed by atoms with Gasteiger partial charge in [0.1, 0.15) is 0 Å². The van der Waals surface area contributed by atoms with E-state index in [4.69, 9.17) is 0 Å². The van der Waals surface area contributed by atoms with Crippen LogP contribution in [0.15, 0.2) is 133 Å². The van der Waals surface area contributed by atoms with Crippen LogP contribution in [0.1, 0.15) is 69.5 Å². The zero-order valence-corrected chi connectivity index (χ0v) is 30.5. The Morgan fingerprint density at radius 3 is 1.60 bits per heavy atom. The van der Waals surface area contributed by atoms with Crippen molar-refractivity contribution in [2.75, 3.05) is 0 Å². The van der Waals surface area contributed by atoms with Gasteiger partial charge < -0.3 is 30.3 Å². The van der Waals surface area contributed by atoms with Crippen molar-refractivity contribution in [3.05, 3.63) is 139 Å². The first kappa shape index (κ1) is 33.2. The molecular weight excluding hydrogens is 646 g/mol. The Labute approximate surface area is 296 Å². The van der Waals surface area contributed by atoms with Crippen LogP contribution in [0.2, 0.25) is 0 Å². The molecule has 5 aromatic rings. The van der Waals surface area contributed by atoms with Gasteiger partial charge >= 0.3 is 0 Å². The second-order valence-corrected chi connectivity index (χ2v) is 19.7. The van der Waals surface area contributed by atoms with Crippen molar-refractivity contribution >= 4 is 31.8 Å². The van der Waals surface area contributed by atoms with Crippen LogP contribution in [0, 0.1) is 23.7 Å². The summed E-state index contributed by atoms with van der Waals surface area (Å²) < 4.78 is 0. The summed E-state index contributed by atoms with van der Waals surface area (Å²) in [7, 11) is -0.657. The average Bonchev–Trinajstić information content (AvgIpc) is 3.97. The maximum atomic E-state index is 2.67. The second-order valence-electron chi connectivity index (χ2n) is 14.5. The Balaban J connectivity index is 0.000000538. The Morgan fingerprint density at radius 2 is 1.11 bits per heavy atom. The molecule has 4 bridgehead atoms. The van der Waals surface area contributed by atoms with Crippen LogP contribution in [0.25, 0.3) is 11.1 Å². The molecule has 7 atom stereocenters. The molecule has 0 aromatic heterocycles. The van der Waals surface area contributed by atoms with E-state index in [-0.39, 0.29) is 25.0 Å². The number of hydrogen-bond donors (Lipinski definition) is 0. The van der Waals surface area contributed by atoms with Crippen molar-refractivity contribution in [2.45, 2.75) is 75.3 Å². The van der Waals surface area contributed by atoms with E-state index >= 15 is 0 Å². The fraction of sp³-hybridized carbons (Fsp3) is 0.364. The van der Waals surface area contributed by atoms with E-state index in [2.05, 4.69) is 110 Å². The van der Waals surface area contributed by atoms with Gasteiger partial charge in [0.2, 0.25) is 0 Å². The van der Waals surface area contributed by atoms with E-state index in [0.29, 0.717) is 5.66 Å². The van der Waals surface area contributed by atoms with Gasteiger partial charge in [0.25, 0.3) is 0 Å². The molecule has 3 heteroatoms. The number of fused-ring (bicyclic) bond motifs is 4. The molecule has 47 heavy (non-hydrogen) atoms. The van der Waals surface area contributed by atoms with E-state index in [9.17, 15) is 0 Å². The Kier molecular flexibility index (Phi) is 10.7. The zero-order valence-electron chi connectivity index (χ0n) is 27.6. The van der Waals surface area contributed by atoms with Crippen molar-refractivity contribution in [2.24, 2.45) is 23.7 Å². The molecule has 0 spiro atoms. The SMILES string of the molecule is CC([c-]1cccc1-c1ccccc1P(c1ccccc1)c1ccccc1)P(C1CC2CCC1C2)C1CC2CCC1C2.[Fe].[cH-]1[cH-][cH-][cH-][cH-]1. The fourth-order valence-corrected chi connectivity index (χ4v) is 17.2. The summed E-state index contributed by atoms with van der Waals surface area (Å²) in [5, 5.41) is 4.38. The van der Waals surface area contributed by atoms with Crippen LogP contribution in [0.3, 0.4) is 0 Å². The quantitative estimate of drug-likeness (QED) is 0.0862. The molecule has 0 amide bonds. The topological polar surface area (TPSA) is 0 Å². The maximum Gasteiger partial charge on any atom is 0 e. The molecule has 0 saturated heterocycles. The van der Waals surface area contributed by atoms with Gasteiger partial charge in [-0.15, -0.1) is 25.1 Å². The van der Waals surface area contributed by atoms with Crippen molar-refractivity contribution in [3.63, 3.8) is 0 Å². The molecule has 0 radical (unpaired) electrons. The standard InChI is InChI=1S/C39H43P2.C5H5.Fe/c1-27(40(38-25-28-19-21-30(38)23-28)39-26-29-20-22-31(39)24-29)34-16-10-17-35(34)36-15-8-9-18-37(36)41(32-11-4-2-5-12-32)33-13-6-3-7-14-33;1-2-4-5-3-1;/h2-18,27-31,38-39H,19-26H2,1H3;1-5H;/q-1;-5;. The molecule has 5 aromatic carbocycles. The molecule has 7 unspecified atom stereocenters. The van der Waals surface area contributed by atoms with E-state index in [0.717, 1.165) is 35.0 Å². The predicted octanol–water partition coefficient (Wildman–Crippen LogP) is 11.2. The van der Waals surface area contributed by atoms with Crippen molar-refractivity contribution in [1.82, 2.24) is 0 Å². The summed E-state index contributed by atoms with van der Waals surface area (Å²) in [6, 6.07) is 49.3. The first-order valence-corrected chi connectivity index (χ1v) is 20.8. The molecule has 9 rings (SSSR count). The van der Waals surface area contributed by atoms with Gasteiger partial charge in [0, 0.05) is 17.1 Å². The largest absolute Gasteiger partial charge is 0.748 e. The predicted molar refractivity (Wildman–Crippen MR) is 202 cm³/mol. The van der Waals surface area contributed by atoms with E-state index in [1.54, 1.807) is 31.2 Å². The number of benzene rings is 3. The van der Waals surface area contributed by atoms with Gasteiger partial charge in [-0.25, -0.2) is 0 Å². The van der Waals surface area contributed by atoms with Crippen LogP contribution in [0.5, 0.6) is 0 Å². The first-order chi connectivity index (χ1) is 22.7. The minimum Gasteiger partial charge on any atom is -0.748 e. The first-order valence-electron chi connectivity index (χ1n) is 17.9. The van der Waals surface area contributed by atoms with Gasteiger partial charge in [-0.1, -0.05) is 110 Å². The van der Waals surface area contributed by atoms with Crippen molar-refractivity contribution < 1.29 is 17.1 Å². The molecule has 0 aliphatic heterocycles. The molecule has 0 nitrogen and oxygen atoms in total. The van der Waals surface area contributed by atoms with Crippen LogP contribution >= 0.6 is 15.8 Å². The third kappa shape index (κ3) is 6.82. The van der Waals surface area contributed by atoms with Crippen LogP contribution in [-0.4, -0.2) is 11.3 Å². The summed E-state index contributed by atoms with van der Waals surface area (Å²) in [5.41, 5.74) is 7.38. The summed E-state index contributed by atoms with van der Waals surface area (Å²) in [6.45, 7) is 2.67. The molecule has 0 N–H and O–H groups in total. The minimum absolute atomic E-state index is 0. The van der Waals surface area contributed by atoms with Crippen LogP contribution in [-0.2, 0) is 17.1 Å². The Morgan fingerprint density at radius 1 is 0.596 bits per heavy atom. The summed E-state index contributed by atoms with van der Waals surface area (Å²) in [5.74, 6) is 4.15. The van der Waals surface area contributed by atoms with Crippen LogP contribution < -0.4 is 15.9 Å². The fourth-order valence-electron chi connectivity index (χ4n) is 9.98. The molecular formula is C44H48FeP2-6. The van der Waals surface area contributed by atoms with Gasteiger partial charge in [-0.3, -0.25) is 0 Å². The monoisotopic (exact) mass is 694 g/mol. The van der Waals surface area contributed by atoms with Gasteiger partial charge in [-0.2, -0.15) is 12.1 Å². The summed E-state index contributed by atoms with van der Waals surface area (Å²) in [4.78, 5) is 0. The van der Waals surface area contributed by atoms with E-state index in [1.165, 1.54) is 52.7 Å². The van der Waals surface area contributed by atoms with Gasteiger partial charge in [-0.05, 0) is 103 Å². The summed E-state index contributed by atoms with van der Waals surface area (Å²) in [6.07, 6.45) is 12.3. The van der Waals surface area contributed by atoms with Crippen molar-refractivity contribution in [1.29, 1.82) is 0 Å². The van der Waals surface area contributed by atoms with Gasteiger partial charge in [0.15, 0.2) is 0 Å². The molecule has 4 fully saturated rings. The van der Waals surface area contributed by atoms with E-state index < -0.39 is 7.92 Å². The molecule has 4 aliphatic rings. The third-order valence-electron chi connectivity index (χ3n) is 11.9. The smallest absolute Gasteiger partial charge is 0 e. The van der Waals surface area contributed by atoms with Gasteiger partial charge in [0.05, 0.1) is 0 Å². The Hall–Kier alpha value is -2.26. The average molecular weight is 695 g/mol. The molecule has 248 valence electrons. The Bertz CT molecular complexity index is 1590. The van der Waals surface area contributed by atoms with Crippen molar-refractivity contribution in [3.8, 4) is 11.1 Å². The molecule has 0 heterocycles. The minimum atomic E-state index is -0.639. The third-order valence-corrected chi connectivity index (χ3v) is 18.4. The number of rotatable bonds is 8. The number of hydrogen-bond acceptors (Lipinski definition) is 0. The second kappa shape index (κ2) is 15.1. The summed E-state index contributed by atoms with van der Waals surface area (Å²) >= 11 is 0.